The molecule has 1 unspecified atom stereocenters. The standard InChI is InChI=1S/C6H9BrN2/c1-4(8)6-5(7)2-3-9-6/h2-4,9H,8H2,1H3. The van der Waals surface area contributed by atoms with Crippen LogP contribution in [0.4, 0.5) is 0 Å². The lowest BCUT2D eigenvalue weighted by Crippen LogP contribution is -2.05. The number of halogens is 1. The van der Waals surface area contributed by atoms with Crippen molar-refractivity contribution in [1.29, 1.82) is 0 Å². The van der Waals surface area contributed by atoms with Crippen molar-refractivity contribution in [3.8, 4) is 0 Å². The second-order valence-electron chi connectivity index (χ2n) is 2.03. The zero-order chi connectivity index (χ0) is 6.85. The van der Waals surface area contributed by atoms with Crippen LogP contribution in [0, 0.1) is 0 Å². The minimum Gasteiger partial charge on any atom is -0.363 e. The fourth-order valence-corrected chi connectivity index (χ4v) is 1.32. The lowest BCUT2D eigenvalue weighted by molar-refractivity contribution is 0.785. The maximum atomic E-state index is 5.60. The fourth-order valence-electron chi connectivity index (χ4n) is 0.712. The fraction of sp³-hybridized carbons (Fsp3) is 0.333. The zero-order valence-corrected chi connectivity index (χ0v) is 6.77. The van der Waals surface area contributed by atoms with Gasteiger partial charge in [-0.2, -0.15) is 0 Å². The first-order valence-electron chi connectivity index (χ1n) is 2.80. The summed E-state index contributed by atoms with van der Waals surface area (Å²) in [5.74, 6) is 0. The molecule has 0 bridgehead atoms. The highest BCUT2D eigenvalue weighted by Gasteiger charge is 2.03. The summed E-state index contributed by atoms with van der Waals surface area (Å²) in [4.78, 5) is 3.03. The van der Waals surface area contributed by atoms with Crippen molar-refractivity contribution < 1.29 is 0 Å². The molecule has 0 aliphatic carbocycles. The van der Waals surface area contributed by atoms with E-state index in [1.54, 1.807) is 0 Å². The quantitative estimate of drug-likeness (QED) is 0.694. The molecule has 0 aliphatic heterocycles. The van der Waals surface area contributed by atoms with Crippen molar-refractivity contribution >= 4 is 15.9 Å². The molecule has 3 heteroatoms. The van der Waals surface area contributed by atoms with E-state index in [4.69, 9.17) is 5.73 Å². The van der Waals surface area contributed by atoms with E-state index in [1.165, 1.54) is 0 Å². The summed E-state index contributed by atoms with van der Waals surface area (Å²) in [5, 5.41) is 0. The molecule has 1 atom stereocenters. The molecular weight excluding hydrogens is 180 g/mol. The Hall–Kier alpha value is -0.280. The normalized spacial score (nSPS) is 13.7. The Balaban J connectivity index is 2.94. The van der Waals surface area contributed by atoms with Crippen LogP contribution >= 0.6 is 15.9 Å². The molecule has 1 heterocycles. The lowest BCUT2D eigenvalue weighted by atomic mass is 10.3. The van der Waals surface area contributed by atoms with Crippen molar-refractivity contribution in [1.82, 2.24) is 4.98 Å². The van der Waals surface area contributed by atoms with Gasteiger partial charge in [0.1, 0.15) is 0 Å². The first kappa shape index (κ1) is 6.83. The van der Waals surface area contributed by atoms with Crippen molar-refractivity contribution in [2.24, 2.45) is 5.73 Å². The van der Waals surface area contributed by atoms with Crippen LogP contribution in [0.1, 0.15) is 18.7 Å². The van der Waals surface area contributed by atoms with E-state index in [0.29, 0.717) is 0 Å². The van der Waals surface area contributed by atoms with Gasteiger partial charge in [0.2, 0.25) is 0 Å². The zero-order valence-electron chi connectivity index (χ0n) is 5.19. The number of aromatic nitrogens is 1. The Morgan fingerprint density at radius 2 is 2.44 bits per heavy atom. The summed E-state index contributed by atoms with van der Waals surface area (Å²) in [6, 6.07) is 2.02. The van der Waals surface area contributed by atoms with Crippen molar-refractivity contribution in [3.05, 3.63) is 22.4 Å². The topological polar surface area (TPSA) is 41.8 Å². The molecule has 0 saturated heterocycles. The maximum absolute atomic E-state index is 5.60. The van der Waals surface area contributed by atoms with E-state index in [2.05, 4.69) is 20.9 Å². The molecule has 0 aliphatic rings. The minimum absolute atomic E-state index is 0.0781. The van der Waals surface area contributed by atoms with Crippen LogP contribution in [0.2, 0.25) is 0 Å². The molecule has 3 N–H and O–H groups in total. The largest absolute Gasteiger partial charge is 0.363 e. The molecule has 0 aromatic carbocycles. The van der Waals surface area contributed by atoms with E-state index in [1.807, 2.05) is 19.2 Å². The van der Waals surface area contributed by atoms with Gasteiger partial charge in [0.15, 0.2) is 0 Å². The van der Waals surface area contributed by atoms with E-state index in [-0.39, 0.29) is 6.04 Å². The van der Waals surface area contributed by atoms with Gasteiger partial charge in [0.05, 0.1) is 0 Å². The highest BCUT2D eigenvalue weighted by molar-refractivity contribution is 9.10. The van der Waals surface area contributed by atoms with Crippen LogP contribution in [0.5, 0.6) is 0 Å². The number of H-pyrrole nitrogens is 1. The Morgan fingerprint density at radius 1 is 1.78 bits per heavy atom. The summed E-state index contributed by atoms with van der Waals surface area (Å²) in [7, 11) is 0. The summed E-state index contributed by atoms with van der Waals surface area (Å²) in [6.07, 6.45) is 1.86. The predicted molar refractivity (Wildman–Crippen MR) is 41.1 cm³/mol. The molecule has 0 fully saturated rings. The van der Waals surface area contributed by atoms with Crippen molar-refractivity contribution in [2.45, 2.75) is 13.0 Å². The number of nitrogens with one attached hydrogen (secondary N) is 1. The third-order valence-corrected chi connectivity index (χ3v) is 1.87. The first-order chi connectivity index (χ1) is 4.22. The van der Waals surface area contributed by atoms with Crippen molar-refractivity contribution in [3.63, 3.8) is 0 Å². The Labute approximate surface area is 62.6 Å². The Morgan fingerprint density at radius 3 is 2.67 bits per heavy atom. The van der Waals surface area contributed by atoms with Crippen molar-refractivity contribution in [2.75, 3.05) is 0 Å². The average molecular weight is 189 g/mol. The minimum atomic E-state index is 0.0781. The SMILES string of the molecule is CC(N)c1[nH]ccc1Br. The van der Waals surface area contributed by atoms with E-state index in [9.17, 15) is 0 Å². The smallest absolute Gasteiger partial charge is 0.0459 e. The summed E-state index contributed by atoms with van der Waals surface area (Å²) < 4.78 is 1.05. The molecule has 0 spiro atoms. The summed E-state index contributed by atoms with van der Waals surface area (Å²) in [6.45, 7) is 1.94. The third-order valence-electron chi connectivity index (χ3n) is 1.18. The molecule has 9 heavy (non-hydrogen) atoms. The van der Waals surface area contributed by atoms with E-state index < -0.39 is 0 Å². The van der Waals surface area contributed by atoms with Crippen LogP contribution in [0.15, 0.2) is 16.7 Å². The molecule has 1 aromatic heterocycles. The number of nitrogens with two attached hydrogens (primary N) is 1. The Kier molecular flexibility index (Phi) is 1.93. The van der Waals surface area contributed by atoms with Crippen LogP contribution in [-0.2, 0) is 0 Å². The predicted octanol–water partition coefficient (Wildman–Crippen LogP) is 1.80. The third kappa shape index (κ3) is 1.34. The summed E-state index contributed by atoms with van der Waals surface area (Å²) >= 11 is 3.36. The van der Waals surface area contributed by atoms with Crippen LogP contribution < -0.4 is 5.73 Å². The monoisotopic (exact) mass is 188 g/mol. The molecule has 0 saturated carbocycles. The highest BCUT2D eigenvalue weighted by atomic mass is 79.9. The van der Waals surface area contributed by atoms with Crippen LogP contribution in [0.3, 0.4) is 0 Å². The summed E-state index contributed by atoms with van der Waals surface area (Å²) in [5.41, 5.74) is 6.65. The Bertz CT molecular complexity index is 193. The molecule has 1 aromatic rings. The van der Waals surface area contributed by atoms with E-state index in [0.717, 1.165) is 10.2 Å². The van der Waals surface area contributed by atoms with Gasteiger partial charge in [0.25, 0.3) is 0 Å². The number of hydrogen-bond acceptors (Lipinski definition) is 1. The number of aromatic amines is 1. The highest BCUT2D eigenvalue weighted by Crippen LogP contribution is 2.18. The molecular formula is C6H9BrN2. The maximum Gasteiger partial charge on any atom is 0.0459 e. The second-order valence-corrected chi connectivity index (χ2v) is 2.88. The van der Waals surface area contributed by atoms with Gasteiger partial charge in [-0.1, -0.05) is 0 Å². The molecule has 0 radical (unpaired) electrons. The number of hydrogen-bond donors (Lipinski definition) is 2. The van der Waals surface area contributed by atoms with Gasteiger partial charge in [-0.25, -0.2) is 0 Å². The average Bonchev–Trinajstić information content (AvgIpc) is 2.13. The molecule has 1 rings (SSSR count). The van der Waals surface area contributed by atoms with Gasteiger partial charge in [0, 0.05) is 22.4 Å². The van der Waals surface area contributed by atoms with Gasteiger partial charge in [-0.3, -0.25) is 0 Å². The van der Waals surface area contributed by atoms with Crippen LogP contribution in [0.25, 0.3) is 0 Å². The first-order valence-corrected chi connectivity index (χ1v) is 3.59. The van der Waals surface area contributed by atoms with Gasteiger partial charge in [-0.15, -0.1) is 0 Å². The number of rotatable bonds is 1. The van der Waals surface area contributed by atoms with Gasteiger partial charge in [-0.05, 0) is 28.9 Å². The van der Waals surface area contributed by atoms with E-state index >= 15 is 0 Å². The van der Waals surface area contributed by atoms with Gasteiger partial charge < -0.3 is 10.7 Å². The second kappa shape index (κ2) is 2.54. The molecule has 2 nitrogen and oxygen atoms in total. The van der Waals surface area contributed by atoms with Gasteiger partial charge >= 0.3 is 0 Å². The lowest BCUT2D eigenvalue weighted by Gasteiger charge is -2.00. The van der Waals surface area contributed by atoms with Crippen LogP contribution in [-0.4, -0.2) is 4.98 Å². The molecule has 50 valence electrons. The molecule has 0 amide bonds.